The summed E-state index contributed by atoms with van der Waals surface area (Å²) >= 11 is 0. The Morgan fingerprint density at radius 3 is 2.00 bits per heavy atom. The van der Waals surface area contributed by atoms with Crippen molar-refractivity contribution >= 4 is 33.3 Å². The van der Waals surface area contributed by atoms with Crippen LogP contribution in [0.5, 0.6) is 0 Å². The lowest BCUT2D eigenvalue weighted by Crippen LogP contribution is -2.16. The Morgan fingerprint density at radius 1 is 1.00 bits per heavy atom. The Kier molecular flexibility index (Phi) is 4.13. The Hall–Kier alpha value is -2.55. The van der Waals surface area contributed by atoms with E-state index in [1.54, 1.807) is 20.2 Å². The van der Waals surface area contributed by atoms with Crippen LogP contribution in [0.1, 0.15) is 0 Å². The van der Waals surface area contributed by atoms with Crippen LogP contribution in [0.2, 0.25) is 0 Å². The van der Waals surface area contributed by atoms with E-state index in [1.807, 2.05) is 0 Å². The molecule has 0 radical (unpaired) electrons. The van der Waals surface area contributed by atoms with E-state index in [4.69, 9.17) is 5.73 Å². The number of nitrogens with one attached hydrogen (secondary N) is 3. The standard InChI is InChI=1S/C12H16N6O2S/c1-14-10-7-11(15-2)17-12(16-10)18-21(19,20)9-5-3-8(13)4-6-9/h3-7H,13H2,1-2H3,(H3,14,15,16,17,18). The molecule has 0 saturated carbocycles. The van der Waals surface area contributed by atoms with Crippen molar-refractivity contribution in [1.29, 1.82) is 0 Å². The summed E-state index contributed by atoms with van der Waals surface area (Å²) in [4.78, 5) is 8.19. The van der Waals surface area contributed by atoms with Crippen molar-refractivity contribution in [1.82, 2.24) is 9.97 Å². The molecule has 0 unspecified atom stereocenters. The van der Waals surface area contributed by atoms with Crippen molar-refractivity contribution in [2.75, 3.05) is 35.2 Å². The number of anilines is 4. The zero-order valence-corrected chi connectivity index (χ0v) is 12.4. The van der Waals surface area contributed by atoms with Crippen molar-refractivity contribution in [2.45, 2.75) is 4.90 Å². The van der Waals surface area contributed by atoms with Crippen molar-refractivity contribution in [3.05, 3.63) is 30.3 Å². The summed E-state index contributed by atoms with van der Waals surface area (Å²) < 4.78 is 26.8. The van der Waals surface area contributed by atoms with Gasteiger partial charge in [0.15, 0.2) is 0 Å². The molecular formula is C12H16N6O2S. The van der Waals surface area contributed by atoms with Gasteiger partial charge in [-0.2, -0.15) is 9.97 Å². The molecule has 2 aromatic rings. The molecule has 8 nitrogen and oxygen atoms in total. The smallest absolute Gasteiger partial charge is 0.264 e. The molecule has 112 valence electrons. The van der Waals surface area contributed by atoms with Crippen LogP contribution >= 0.6 is 0 Å². The lowest BCUT2D eigenvalue weighted by atomic mass is 10.3. The second-order valence-electron chi connectivity index (χ2n) is 4.14. The average Bonchev–Trinajstić information content (AvgIpc) is 2.46. The zero-order valence-electron chi connectivity index (χ0n) is 11.6. The molecule has 0 bridgehead atoms. The van der Waals surface area contributed by atoms with Crippen LogP contribution in [0.3, 0.4) is 0 Å². The highest BCUT2D eigenvalue weighted by molar-refractivity contribution is 7.92. The number of benzene rings is 1. The van der Waals surface area contributed by atoms with Crippen molar-refractivity contribution in [2.24, 2.45) is 0 Å². The van der Waals surface area contributed by atoms with Crippen LogP contribution < -0.4 is 21.1 Å². The van der Waals surface area contributed by atoms with E-state index in [0.29, 0.717) is 17.3 Å². The first-order chi connectivity index (χ1) is 9.94. The van der Waals surface area contributed by atoms with Gasteiger partial charge in [-0.1, -0.05) is 0 Å². The lowest BCUT2D eigenvalue weighted by Gasteiger charge is -2.10. The molecule has 2 rings (SSSR count). The first-order valence-corrected chi connectivity index (χ1v) is 7.56. The molecule has 0 aliphatic heterocycles. The largest absolute Gasteiger partial charge is 0.399 e. The number of hydrogen-bond acceptors (Lipinski definition) is 7. The highest BCUT2D eigenvalue weighted by atomic mass is 32.2. The molecule has 21 heavy (non-hydrogen) atoms. The van der Waals surface area contributed by atoms with Gasteiger partial charge in [-0.25, -0.2) is 13.1 Å². The minimum atomic E-state index is -3.77. The third-order valence-electron chi connectivity index (χ3n) is 2.65. The lowest BCUT2D eigenvalue weighted by molar-refractivity contribution is 0.601. The molecule has 0 aliphatic rings. The molecule has 1 aromatic heterocycles. The van der Waals surface area contributed by atoms with E-state index in [-0.39, 0.29) is 10.8 Å². The fraction of sp³-hybridized carbons (Fsp3) is 0.167. The molecule has 0 fully saturated rings. The van der Waals surface area contributed by atoms with Gasteiger partial charge in [0.2, 0.25) is 5.95 Å². The number of sulfonamides is 1. The third-order valence-corrected chi connectivity index (χ3v) is 4.00. The summed E-state index contributed by atoms with van der Waals surface area (Å²) in [5.41, 5.74) is 6.03. The molecule has 5 N–H and O–H groups in total. The number of nitrogens with two attached hydrogens (primary N) is 1. The van der Waals surface area contributed by atoms with Gasteiger partial charge in [0.05, 0.1) is 4.90 Å². The van der Waals surface area contributed by atoms with Gasteiger partial charge in [0.1, 0.15) is 11.6 Å². The summed E-state index contributed by atoms with van der Waals surface area (Å²) in [5, 5.41) is 5.67. The van der Waals surface area contributed by atoms with Crippen LogP contribution in [-0.4, -0.2) is 32.5 Å². The third kappa shape index (κ3) is 3.51. The molecule has 0 spiro atoms. The normalized spacial score (nSPS) is 11.0. The molecule has 0 atom stereocenters. The summed E-state index contributed by atoms with van der Waals surface area (Å²) in [7, 11) is -0.405. The molecular weight excluding hydrogens is 292 g/mol. The summed E-state index contributed by atoms with van der Waals surface area (Å²) in [6.45, 7) is 0. The van der Waals surface area contributed by atoms with Crippen LogP contribution in [-0.2, 0) is 10.0 Å². The fourth-order valence-corrected chi connectivity index (χ4v) is 2.52. The Bertz CT molecular complexity index is 708. The number of rotatable bonds is 5. The minimum absolute atomic E-state index is 0.0250. The highest BCUT2D eigenvalue weighted by Crippen LogP contribution is 2.18. The maximum absolute atomic E-state index is 12.2. The molecule has 0 saturated heterocycles. The van der Waals surface area contributed by atoms with Crippen LogP contribution in [0, 0.1) is 0 Å². The Balaban J connectivity index is 2.34. The number of nitrogen functional groups attached to an aromatic ring is 1. The zero-order chi connectivity index (χ0) is 15.5. The highest BCUT2D eigenvalue weighted by Gasteiger charge is 2.16. The van der Waals surface area contributed by atoms with Crippen LogP contribution in [0.15, 0.2) is 35.2 Å². The predicted molar refractivity (Wildman–Crippen MR) is 82.8 cm³/mol. The van der Waals surface area contributed by atoms with Crippen molar-refractivity contribution < 1.29 is 8.42 Å². The molecule has 1 heterocycles. The monoisotopic (exact) mass is 308 g/mol. The summed E-state index contributed by atoms with van der Waals surface area (Å²) in [6.07, 6.45) is 0. The minimum Gasteiger partial charge on any atom is -0.399 e. The maximum atomic E-state index is 12.2. The Labute approximate surface area is 122 Å². The second-order valence-corrected chi connectivity index (χ2v) is 5.82. The predicted octanol–water partition coefficient (Wildman–Crippen LogP) is 0.943. The van der Waals surface area contributed by atoms with Crippen LogP contribution in [0.25, 0.3) is 0 Å². The van der Waals surface area contributed by atoms with E-state index in [2.05, 4.69) is 25.3 Å². The maximum Gasteiger partial charge on any atom is 0.264 e. The molecule has 0 aliphatic carbocycles. The number of nitrogens with zero attached hydrogens (tertiary/aromatic N) is 2. The van der Waals surface area contributed by atoms with Gasteiger partial charge < -0.3 is 16.4 Å². The van der Waals surface area contributed by atoms with E-state index < -0.39 is 10.0 Å². The van der Waals surface area contributed by atoms with E-state index in [1.165, 1.54) is 24.3 Å². The van der Waals surface area contributed by atoms with E-state index >= 15 is 0 Å². The molecule has 9 heteroatoms. The van der Waals surface area contributed by atoms with E-state index in [0.717, 1.165) is 0 Å². The van der Waals surface area contributed by atoms with Gasteiger partial charge in [-0.15, -0.1) is 0 Å². The van der Waals surface area contributed by atoms with Crippen molar-refractivity contribution in [3.8, 4) is 0 Å². The Morgan fingerprint density at radius 2 is 1.52 bits per heavy atom. The van der Waals surface area contributed by atoms with E-state index in [9.17, 15) is 8.42 Å². The van der Waals surface area contributed by atoms with Crippen molar-refractivity contribution in [3.63, 3.8) is 0 Å². The quantitative estimate of drug-likeness (QED) is 0.606. The SMILES string of the molecule is CNc1cc(NC)nc(NS(=O)(=O)c2ccc(N)cc2)n1. The average molecular weight is 308 g/mol. The topological polar surface area (TPSA) is 122 Å². The first kappa shape index (κ1) is 14.9. The fourth-order valence-electron chi connectivity index (χ4n) is 1.58. The molecule has 1 aromatic carbocycles. The molecule has 0 amide bonds. The van der Waals surface area contributed by atoms with Gasteiger partial charge in [-0.05, 0) is 24.3 Å². The number of aromatic nitrogens is 2. The summed E-state index contributed by atoms with van der Waals surface area (Å²) in [6, 6.07) is 7.51. The van der Waals surface area contributed by atoms with Gasteiger partial charge in [0.25, 0.3) is 10.0 Å². The van der Waals surface area contributed by atoms with Crippen LogP contribution in [0.4, 0.5) is 23.3 Å². The summed E-state index contributed by atoms with van der Waals surface area (Å²) in [5.74, 6) is 0.955. The van der Waals surface area contributed by atoms with Gasteiger partial charge in [0, 0.05) is 25.8 Å². The first-order valence-electron chi connectivity index (χ1n) is 6.07. The van der Waals surface area contributed by atoms with Gasteiger partial charge >= 0.3 is 0 Å². The van der Waals surface area contributed by atoms with Gasteiger partial charge in [-0.3, -0.25) is 0 Å². The second kappa shape index (κ2) is 5.83. The number of hydrogen-bond donors (Lipinski definition) is 4.